The van der Waals surface area contributed by atoms with Gasteiger partial charge in [0.05, 0.1) is 5.69 Å². The highest BCUT2D eigenvalue weighted by Gasteiger charge is 2.07. The molecule has 16 heavy (non-hydrogen) atoms. The van der Waals surface area contributed by atoms with Crippen molar-refractivity contribution < 1.29 is 0 Å². The summed E-state index contributed by atoms with van der Waals surface area (Å²) in [5.74, 6) is 0.797. The van der Waals surface area contributed by atoms with E-state index in [0.717, 1.165) is 11.5 Å². The van der Waals surface area contributed by atoms with Gasteiger partial charge in [-0.1, -0.05) is 6.07 Å². The van der Waals surface area contributed by atoms with E-state index in [0.29, 0.717) is 13.0 Å². The fraction of sp³-hybridized carbons (Fsp3) is 0.364. The van der Waals surface area contributed by atoms with E-state index in [-0.39, 0.29) is 0 Å². The molecule has 0 aliphatic carbocycles. The van der Waals surface area contributed by atoms with Crippen LogP contribution in [0.25, 0.3) is 5.69 Å². The van der Waals surface area contributed by atoms with Crippen molar-refractivity contribution in [2.75, 3.05) is 6.54 Å². The third-order valence-corrected chi connectivity index (χ3v) is 2.64. The Kier molecular flexibility index (Phi) is 2.96. The fourth-order valence-electron chi connectivity index (χ4n) is 1.55. The summed E-state index contributed by atoms with van der Waals surface area (Å²) in [5.41, 5.74) is 8.98. The van der Waals surface area contributed by atoms with Crippen LogP contribution in [-0.2, 0) is 6.42 Å². The molecule has 1 aromatic heterocycles. The molecular weight excluding hydrogens is 202 g/mol. The predicted molar refractivity (Wildman–Crippen MR) is 61.4 cm³/mol. The van der Waals surface area contributed by atoms with Gasteiger partial charge >= 0.3 is 0 Å². The van der Waals surface area contributed by atoms with Gasteiger partial charge in [0.2, 0.25) is 0 Å². The van der Waals surface area contributed by atoms with Crippen molar-refractivity contribution in [3.05, 3.63) is 35.2 Å². The number of tetrazole rings is 1. The summed E-state index contributed by atoms with van der Waals surface area (Å²) in [6, 6.07) is 6.16. The van der Waals surface area contributed by atoms with Gasteiger partial charge in [-0.05, 0) is 54.1 Å². The lowest BCUT2D eigenvalue weighted by atomic mass is 10.1. The first-order valence-corrected chi connectivity index (χ1v) is 5.27. The first kappa shape index (κ1) is 10.8. The average molecular weight is 217 g/mol. The van der Waals surface area contributed by atoms with E-state index in [1.54, 1.807) is 4.68 Å². The van der Waals surface area contributed by atoms with Crippen LogP contribution in [0.4, 0.5) is 0 Å². The van der Waals surface area contributed by atoms with Gasteiger partial charge in [0, 0.05) is 6.42 Å². The number of hydrogen-bond donors (Lipinski definition) is 1. The van der Waals surface area contributed by atoms with Crippen molar-refractivity contribution in [3.8, 4) is 5.69 Å². The van der Waals surface area contributed by atoms with Crippen molar-refractivity contribution in [1.82, 2.24) is 20.2 Å². The Hall–Kier alpha value is -1.75. The van der Waals surface area contributed by atoms with E-state index < -0.39 is 0 Å². The molecule has 1 aromatic carbocycles. The summed E-state index contributed by atoms with van der Waals surface area (Å²) in [5, 5.41) is 11.6. The summed E-state index contributed by atoms with van der Waals surface area (Å²) in [4.78, 5) is 0. The Morgan fingerprint density at radius 1 is 1.25 bits per heavy atom. The van der Waals surface area contributed by atoms with Crippen LogP contribution in [0.3, 0.4) is 0 Å². The normalized spacial score (nSPS) is 10.7. The molecule has 2 N–H and O–H groups in total. The van der Waals surface area contributed by atoms with Gasteiger partial charge in [-0.2, -0.15) is 4.68 Å². The van der Waals surface area contributed by atoms with Gasteiger partial charge in [0.25, 0.3) is 0 Å². The zero-order valence-electron chi connectivity index (χ0n) is 9.51. The number of aryl methyl sites for hydroxylation is 2. The molecule has 0 spiro atoms. The molecule has 0 aliphatic heterocycles. The number of nitrogens with two attached hydrogens (primary N) is 1. The summed E-state index contributed by atoms with van der Waals surface area (Å²) >= 11 is 0. The monoisotopic (exact) mass is 217 g/mol. The largest absolute Gasteiger partial charge is 0.330 e. The summed E-state index contributed by atoms with van der Waals surface area (Å²) in [6.45, 7) is 4.70. The molecule has 0 atom stereocenters. The molecule has 1 heterocycles. The minimum Gasteiger partial charge on any atom is -0.330 e. The van der Waals surface area contributed by atoms with Gasteiger partial charge < -0.3 is 5.73 Å². The lowest BCUT2D eigenvalue weighted by Gasteiger charge is -2.06. The molecule has 84 valence electrons. The summed E-state index contributed by atoms with van der Waals surface area (Å²) in [7, 11) is 0. The van der Waals surface area contributed by atoms with Crippen LogP contribution >= 0.6 is 0 Å². The van der Waals surface area contributed by atoms with E-state index in [9.17, 15) is 0 Å². The lowest BCUT2D eigenvalue weighted by Crippen LogP contribution is -2.10. The highest BCUT2D eigenvalue weighted by atomic mass is 15.5. The second-order valence-corrected chi connectivity index (χ2v) is 3.81. The highest BCUT2D eigenvalue weighted by molar-refractivity contribution is 5.39. The molecule has 2 rings (SSSR count). The van der Waals surface area contributed by atoms with Gasteiger partial charge in [-0.3, -0.25) is 0 Å². The number of benzene rings is 1. The van der Waals surface area contributed by atoms with Gasteiger partial charge in [-0.15, -0.1) is 5.10 Å². The number of rotatable bonds is 3. The molecule has 5 nitrogen and oxygen atoms in total. The number of nitrogens with zero attached hydrogens (tertiary/aromatic N) is 4. The molecule has 2 aromatic rings. The fourth-order valence-corrected chi connectivity index (χ4v) is 1.55. The standard InChI is InChI=1S/C11H15N5/c1-8-3-4-10(7-9(8)2)16-11(5-6-12)13-14-15-16/h3-4,7H,5-6,12H2,1-2H3. The Bertz CT molecular complexity index is 489. The molecule has 0 aliphatic rings. The maximum absolute atomic E-state index is 5.51. The van der Waals surface area contributed by atoms with Gasteiger partial charge in [-0.25, -0.2) is 0 Å². The number of aromatic nitrogens is 4. The molecule has 0 radical (unpaired) electrons. The topological polar surface area (TPSA) is 69.6 Å². The maximum Gasteiger partial charge on any atom is 0.157 e. The smallest absolute Gasteiger partial charge is 0.157 e. The Morgan fingerprint density at radius 2 is 2.06 bits per heavy atom. The first-order chi connectivity index (χ1) is 7.72. The Morgan fingerprint density at radius 3 is 2.75 bits per heavy atom. The molecule has 0 fully saturated rings. The SMILES string of the molecule is Cc1ccc(-n2nnnc2CCN)cc1C. The average Bonchev–Trinajstić information content (AvgIpc) is 2.71. The molecule has 0 saturated heterocycles. The van der Waals surface area contributed by atoms with Gasteiger partial charge in [0.1, 0.15) is 0 Å². The summed E-state index contributed by atoms with van der Waals surface area (Å²) in [6.07, 6.45) is 0.680. The predicted octanol–water partition coefficient (Wildman–Crippen LogP) is 0.780. The minimum absolute atomic E-state index is 0.547. The summed E-state index contributed by atoms with van der Waals surface area (Å²) < 4.78 is 1.74. The highest BCUT2D eigenvalue weighted by Crippen LogP contribution is 2.13. The van der Waals surface area contributed by atoms with E-state index >= 15 is 0 Å². The van der Waals surface area contributed by atoms with E-state index in [2.05, 4.69) is 41.5 Å². The van der Waals surface area contributed by atoms with Crippen molar-refractivity contribution in [1.29, 1.82) is 0 Å². The Labute approximate surface area is 94.3 Å². The van der Waals surface area contributed by atoms with E-state index in [4.69, 9.17) is 5.73 Å². The second kappa shape index (κ2) is 4.40. The number of hydrogen-bond acceptors (Lipinski definition) is 4. The molecule has 0 bridgehead atoms. The van der Waals surface area contributed by atoms with Crippen LogP contribution < -0.4 is 5.73 Å². The van der Waals surface area contributed by atoms with Crippen molar-refractivity contribution >= 4 is 0 Å². The zero-order chi connectivity index (χ0) is 11.5. The van der Waals surface area contributed by atoms with Crippen molar-refractivity contribution in [2.24, 2.45) is 5.73 Å². The van der Waals surface area contributed by atoms with Crippen LogP contribution in [0.1, 0.15) is 17.0 Å². The van der Waals surface area contributed by atoms with E-state index in [1.807, 2.05) is 6.07 Å². The van der Waals surface area contributed by atoms with Crippen LogP contribution in [0, 0.1) is 13.8 Å². The molecule has 5 heteroatoms. The Balaban J connectivity index is 2.42. The van der Waals surface area contributed by atoms with E-state index in [1.165, 1.54) is 11.1 Å². The minimum atomic E-state index is 0.547. The zero-order valence-corrected chi connectivity index (χ0v) is 9.51. The molecule has 0 saturated carbocycles. The molecular formula is C11H15N5. The van der Waals surface area contributed by atoms with Crippen LogP contribution in [0.5, 0.6) is 0 Å². The van der Waals surface area contributed by atoms with Crippen LogP contribution in [0.15, 0.2) is 18.2 Å². The van der Waals surface area contributed by atoms with Gasteiger partial charge in [0.15, 0.2) is 5.82 Å². The lowest BCUT2D eigenvalue weighted by molar-refractivity contribution is 0.754. The molecule has 0 amide bonds. The van der Waals surface area contributed by atoms with Crippen molar-refractivity contribution in [2.45, 2.75) is 20.3 Å². The second-order valence-electron chi connectivity index (χ2n) is 3.81. The van der Waals surface area contributed by atoms with Crippen molar-refractivity contribution in [3.63, 3.8) is 0 Å². The van der Waals surface area contributed by atoms with Crippen LogP contribution in [0.2, 0.25) is 0 Å². The first-order valence-electron chi connectivity index (χ1n) is 5.27. The third-order valence-electron chi connectivity index (χ3n) is 2.64. The van der Waals surface area contributed by atoms with Crippen LogP contribution in [-0.4, -0.2) is 26.8 Å². The quantitative estimate of drug-likeness (QED) is 0.824. The maximum atomic E-state index is 5.51. The molecule has 0 unspecified atom stereocenters. The third kappa shape index (κ3) is 1.94.